The van der Waals surface area contributed by atoms with Gasteiger partial charge in [-0.3, -0.25) is 4.90 Å². The van der Waals surface area contributed by atoms with Crippen LogP contribution in [0.5, 0.6) is 0 Å². The summed E-state index contributed by atoms with van der Waals surface area (Å²) in [6, 6.07) is 22.7. The van der Waals surface area contributed by atoms with Crippen LogP contribution in [0.4, 0.5) is 4.39 Å². The van der Waals surface area contributed by atoms with Crippen LogP contribution in [0, 0.1) is 5.82 Å². The van der Waals surface area contributed by atoms with Gasteiger partial charge >= 0.3 is 0 Å². The van der Waals surface area contributed by atoms with E-state index in [1.54, 1.807) is 24.3 Å². The third-order valence-electron chi connectivity index (χ3n) is 5.39. The molecule has 3 aromatic rings. The third kappa shape index (κ3) is 4.42. The SMILES string of the molecule is O=S(=O)(c1ccc(Cl)cc1)N1CCN(C(c2ccccc2)c2ccc(F)cc2)CC1. The lowest BCUT2D eigenvalue weighted by atomic mass is 9.96. The smallest absolute Gasteiger partial charge is 0.243 e. The molecule has 0 aromatic heterocycles. The molecule has 1 atom stereocenters. The quantitative estimate of drug-likeness (QED) is 0.578. The fourth-order valence-corrected chi connectivity index (χ4v) is 5.40. The first-order chi connectivity index (χ1) is 14.4. The highest BCUT2D eigenvalue weighted by Gasteiger charge is 2.32. The molecule has 4 rings (SSSR count). The zero-order valence-electron chi connectivity index (χ0n) is 16.3. The summed E-state index contributed by atoms with van der Waals surface area (Å²) < 4.78 is 40.9. The molecule has 0 N–H and O–H groups in total. The molecule has 7 heteroatoms. The van der Waals surface area contributed by atoms with Crippen LogP contribution in [-0.2, 0) is 10.0 Å². The third-order valence-corrected chi connectivity index (χ3v) is 7.56. The van der Waals surface area contributed by atoms with E-state index in [0.29, 0.717) is 31.2 Å². The standard InChI is InChI=1S/C23H22ClFN2O2S/c24-20-8-12-22(13-9-20)30(28,29)27-16-14-26(15-17-27)23(18-4-2-1-3-5-18)19-6-10-21(25)11-7-19/h1-13,23H,14-17H2. The van der Waals surface area contributed by atoms with E-state index in [4.69, 9.17) is 11.6 Å². The van der Waals surface area contributed by atoms with Gasteiger partial charge in [-0.05, 0) is 47.5 Å². The number of sulfonamides is 1. The largest absolute Gasteiger partial charge is 0.290 e. The lowest BCUT2D eigenvalue weighted by Gasteiger charge is -2.39. The van der Waals surface area contributed by atoms with E-state index in [2.05, 4.69) is 4.90 Å². The normalized spacial score (nSPS) is 17.0. The van der Waals surface area contributed by atoms with Crippen molar-refractivity contribution in [2.75, 3.05) is 26.2 Å². The minimum absolute atomic E-state index is 0.0628. The lowest BCUT2D eigenvalue weighted by molar-refractivity contribution is 0.155. The Bertz CT molecular complexity index is 1080. The molecule has 1 saturated heterocycles. The number of halogens is 2. The second-order valence-electron chi connectivity index (χ2n) is 7.26. The Morgan fingerprint density at radius 2 is 1.33 bits per heavy atom. The minimum atomic E-state index is -3.56. The van der Waals surface area contributed by atoms with Gasteiger partial charge in [-0.2, -0.15) is 4.31 Å². The Kier molecular flexibility index (Phi) is 6.20. The summed E-state index contributed by atoms with van der Waals surface area (Å²) in [5.74, 6) is -0.274. The summed E-state index contributed by atoms with van der Waals surface area (Å²) in [6.45, 7) is 1.92. The Morgan fingerprint density at radius 3 is 1.93 bits per heavy atom. The van der Waals surface area contributed by atoms with E-state index >= 15 is 0 Å². The van der Waals surface area contributed by atoms with Crippen LogP contribution < -0.4 is 0 Å². The molecule has 1 heterocycles. The molecule has 0 bridgehead atoms. The first kappa shape index (κ1) is 21.0. The number of piperazine rings is 1. The van der Waals surface area contributed by atoms with Crippen molar-refractivity contribution in [3.05, 3.63) is 101 Å². The summed E-state index contributed by atoms with van der Waals surface area (Å²) in [7, 11) is -3.56. The zero-order chi connectivity index (χ0) is 21.1. The maximum atomic E-state index is 13.5. The van der Waals surface area contributed by atoms with Gasteiger partial charge in [0.1, 0.15) is 5.82 Å². The predicted molar refractivity (Wildman–Crippen MR) is 116 cm³/mol. The first-order valence-corrected chi connectivity index (χ1v) is 11.6. The highest BCUT2D eigenvalue weighted by molar-refractivity contribution is 7.89. The Hall–Kier alpha value is -2.25. The van der Waals surface area contributed by atoms with Crippen molar-refractivity contribution in [3.63, 3.8) is 0 Å². The Morgan fingerprint density at radius 1 is 0.767 bits per heavy atom. The molecule has 3 aromatic carbocycles. The van der Waals surface area contributed by atoms with Crippen LogP contribution in [0.25, 0.3) is 0 Å². The van der Waals surface area contributed by atoms with Gasteiger partial charge in [-0.1, -0.05) is 54.1 Å². The van der Waals surface area contributed by atoms with Crippen LogP contribution in [0.15, 0.2) is 83.8 Å². The number of hydrogen-bond donors (Lipinski definition) is 0. The van der Waals surface area contributed by atoms with E-state index in [1.165, 1.54) is 28.6 Å². The highest BCUT2D eigenvalue weighted by Crippen LogP contribution is 2.30. The van der Waals surface area contributed by atoms with Crippen LogP contribution in [0.1, 0.15) is 17.2 Å². The number of benzene rings is 3. The van der Waals surface area contributed by atoms with Crippen molar-refractivity contribution in [1.29, 1.82) is 0 Å². The van der Waals surface area contributed by atoms with E-state index in [-0.39, 0.29) is 16.8 Å². The molecule has 1 aliphatic heterocycles. The molecule has 0 aliphatic carbocycles. The minimum Gasteiger partial charge on any atom is -0.290 e. The molecule has 0 saturated carbocycles. The van der Waals surface area contributed by atoms with E-state index in [0.717, 1.165) is 11.1 Å². The van der Waals surface area contributed by atoms with Gasteiger partial charge in [-0.15, -0.1) is 0 Å². The van der Waals surface area contributed by atoms with Crippen molar-refractivity contribution in [2.45, 2.75) is 10.9 Å². The molecule has 156 valence electrons. The van der Waals surface area contributed by atoms with Crippen LogP contribution in [-0.4, -0.2) is 43.8 Å². The van der Waals surface area contributed by atoms with Gasteiger partial charge in [0.15, 0.2) is 0 Å². The summed E-state index contributed by atoms with van der Waals surface area (Å²) in [6.07, 6.45) is 0. The van der Waals surface area contributed by atoms with Crippen molar-refractivity contribution in [2.24, 2.45) is 0 Å². The summed E-state index contributed by atoms with van der Waals surface area (Å²) in [5, 5.41) is 0.503. The maximum absolute atomic E-state index is 13.5. The highest BCUT2D eigenvalue weighted by atomic mass is 35.5. The van der Waals surface area contributed by atoms with Gasteiger partial charge in [-0.25, -0.2) is 12.8 Å². The topological polar surface area (TPSA) is 40.6 Å². The van der Waals surface area contributed by atoms with Crippen molar-refractivity contribution < 1.29 is 12.8 Å². The monoisotopic (exact) mass is 444 g/mol. The second-order valence-corrected chi connectivity index (χ2v) is 9.63. The zero-order valence-corrected chi connectivity index (χ0v) is 17.9. The van der Waals surface area contributed by atoms with E-state index < -0.39 is 10.0 Å². The molecule has 4 nitrogen and oxygen atoms in total. The summed E-state index contributed by atoms with van der Waals surface area (Å²) in [5.41, 5.74) is 2.08. The van der Waals surface area contributed by atoms with Crippen molar-refractivity contribution in [1.82, 2.24) is 9.21 Å². The van der Waals surface area contributed by atoms with Gasteiger partial charge in [0.25, 0.3) is 0 Å². The average molecular weight is 445 g/mol. The molecule has 0 amide bonds. The Balaban J connectivity index is 1.56. The molecule has 1 fully saturated rings. The van der Waals surface area contributed by atoms with Crippen molar-refractivity contribution in [3.8, 4) is 0 Å². The Labute approximate surface area is 181 Å². The molecular weight excluding hydrogens is 423 g/mol. The molecule has 1 aliphatic rings. The van der Waals surface area contributed by atoms with Gasteiger partial charge in [0, 0.05) is 31.2 Å². The van der Waals surface area contributed by atoms with Crippen molar-refractivity contribution >= 4 is 21.6 Å². The molecule has 0 radical (unpaired) electrons. The van der Waals surface area contributed by atoms with E-state index in [1.807, 2.05) is 30.3 Å². The van der Waals surface area contributed by atoms with Gasteiger partial charge in [0.05, 0.1) is 10.9 Å². The summed E-state index contributed by atoms with van der Waals surface area (Å²) >= 11 is 5.89. The molecule has 0 spiro atoms. The maximum Gasteiger partial charge on any atom is 0.243 e. The molecule has 30 heavy (non-hydrogen) atoms. The average Bonchev–Trinajstić information content (AvgIpc) is 2.77. The first-order valence-electron chi connectivity index (χ1n) is 9.75. The van der Waals surface area contributed by atoms with Gasteiger partial charge in [0.2, 0.25) is 10.0 Å². The van der Waals surface area contributed by atoms with Crippen LogP contribution in [0.2, 0.25) is 5.02 Å². The summed E-state index contributed by atoms with van der Waals surface area (Å²) in [4.78, 5) is 2.50. The van der Waals surface area contributed by atoms with Crippen LogP contribution in [0.3, 0.4) is 0 Å². The fourth-order valence-electron chi connectivity index (χ4n) is 3.85. The van der Waals surface area contributed by atoms with Gasteiger partial charge < -0.3 is 0 Å². The van der Waals surface area contributed by atoms with E-state index in [9.17, 15) is 12.8 Å². The second kappa shape index (κ2) is 8.86. The predicted octanol–water partition coefficient (Wildman–Crippen LogP) is 4.58. The molecule has 1 unspecified atom stereocenters. The lowest BCUT2D eigenvalue weighted by Crippen LogP contribution is -2.49. The fraction of sp³-hybridized carbons (Fsp3) is 0.217. The van der Waals surface area contributed by atoms with Crippen LogP contribution >= 0.6 is 11.6 Å². The number of rotatable bonds is 5. The number of nitrogens with zero attached hydrogens (tertiary/aromatic N) is 2. The molecular formula is C23H22ClFN2O2S. The number of hydrogen-bond acceptors (Lipinski definition) is 3.